The number of anilines is 1. The molecule has 0 aliphatic rings. The Bertz CT molecular complexity index is 1110. The van der Waals surface area contributed by atoms with Crippen molar-refractivity contribution in [3.63, 3.8) is 0 Å². The molecule has 5 N–H and O–H groups in total. The molecule has 0 saturated carbocycles. The van der Waals surface area contributed by atoms with E-state index in [1.807, 2.05) is 6.92 Å². The van der Waals surface area contributed by atoms with Crippen LogP contribution < -0.4 is 10.5 Å². The Morgan fingerprint density at radius 2 is 2.03 bits per heavy atom. The van der Waals surface area contributed by atoms with E-state index < -0.39 is 15.6 Å². The Labute approximate surface area is 169 Å². The molecule has 0 spiro atoms. The number of sulfonamides is 1. The average molecular weight is 417 g/mol. The van der Waals surface area contributed by atoms with E-state index in [1.165, 1.54) is 12.3 Å². The summed E-state index contributed by atoms with van der Waals surface area (Å²) in [5.74, 6) is 0.243. The van der Waals surface area contributed by atoms with E-state index in [9.17, 15) is 13.5 Å². The summed E-state index contributed by atoms with van der Waals surface area (Å²) < 4.78 is 27.8. The summed E-state index contributed by atoms with van der Waals surface area (Å²) in [5, 5.41) is 16.5. The molecule has 0 saturated heterocycles. The molecule has 29 heavy (non-hydrogen) atoms. The number of nitrogens with two attached hydrogens (primary N) is 1. The summed E-state index contributed by atoms with van der Waals surface area (Å²) in [6.07, 6.45) is 3.39. The molecule has 3 rings (SSSR count). The third-order valence-electron chi connectivity index (χ3n) is 4.38. The van der Waals surface area contributed by atoms with Gasteiger partial charge in [-0.05, 0) is 51.0 Å². The number of rotatable bonds is 7. The average Bonchev–Trinajstić information content (AvgIpc) is 3.15. The van der Waals surface area contributed by atoms with Gasteiger partial charge in [0.15, 0.2) is 5.82 Å². The van der Waals surface area contributed by atoms with Crippen molar-refractivity contribution >= 4 is 15.8 Å². The summed E-state index contributed by atoms with van der Waals surface area (Å²) in [5.41, 5.74) is 8.01. The van der Waals surface area contributed by atoms with Gasteiger partial charge in [0.05, 0.1) is 28.1 Å². The molecule has 0 aliphatic carbocycles. The van der Waals surface area contributed by atoms with Gasteiger partial charge in [0.25, 0.3) is 0 Å². The normalized spacial score (nSPS) is 12.3. The second-order valence-corrected chi connectivity index (χ2v) is 9.16. The fourth-order valence-electron chi connectivity index (χ4n) is 2.73. The van der Waals surface area contributed by atoms with Crippen molar-refractivity contribution in [3.8, 4) is 22.6 Å². The highest BCUT2D eigenvalue weighted by Gasteiger charge is 2.19. The van der Waals surface area contributed by atoms with Crippen molar-refractivity contribution in [2.45, 2.75) is 37.7 Å². The highest BCUT2D eigenvalue weighted by molar-refractivity contribution is 7.89. The largest absolute Gasteiger partial charge is 0.390 e. The highest BCUT2D eigenvalue weighted by atomic mass is 32.2. The number of aliphatic hydroxyl groups is 1. The van der Waals surface area contributed by atoms with Gasteiger partial charge in [0, 0.05) is 18.3 Å². The number of benzene rings is 1. The van der Waals surface area contributed by atoms with Gasteiger partial charge in [-0.15, -0.1) is 0 Å². The van der Waals surface area contributed by atoms with Crippen molar-refractivity contribution in [2.24, 2.45) is 0 Å². The first-order chi connectivity index (χ1) is 13.6. The number of aromatic nitrogens is 4. The van der Waals surface area contributed by atoms with Gasteiger partial charge in [0.2, 0.25) is 10.0 Å². The van der Waals surface area contributed by atoms with Crippen LogP contribution in [0.3, 0.4) is 0 Å². The number of aromatic amines is 1. The zero-order valence-electron chi connectivity index (χ0n) is 16.5. The van der Waals surface area contributed by atoms with Crippen molar-refractivity contribution in [2.75, 3.05) is 12.3 Å². The number of hydrogen-bond donors (Lipinski definition) is 4. The van der Waals surface area contributed by atoms with Crippen molar-refractivity contribution in [3.05, 3.63) is 42.2 Å². The molecule has 9 nitrogen and oxygen atoms in total. The maximum Gasteiger partial charge on any atom is 0.240 e. The topological polar surface area (TPSA) is 147 Å². The number of aryl methyl sites for hydroxylation is 1. The molecule has 2 aromatic heterocycles. The second kappa shape index (κ2) is 7.90. The van der Waals surface area contributed by atoms with E-state index in [4.69, 9.17) is 5.73 Å². The fourth-order valence-corrected chi connectivity index (χ4v) is 3.79. The number of H-pyrrole nitrogens is 1. The first kappa shape index (κ1) is 20.9. The SMILES string of the molecule is Cc1ccc(S(=O)(=O)NCCC(C)(C)O)cc1-c1cnc(N)c(-c2ccn[nH]2)n1. The van der Waals surface area contributed by atoms with Gasteiger partial charge >= 0.3 is 0 Å². The van der Waals surface area contributed by atoms with E-state index in [0.29, 0.717) is 29.1 Å². The smallest absolute Gasteiger partial charge is 0.240 e. The van der Waals surface area contributed by atoms with E-state index >= 15 is 0 Å². The molecule has 0 fully saturated rings. The molecular formula is C19H24N6O3S. The quantitative estimate of drug-likeness (QED) is 0.459. The number of nitrogens with zero attached hydrogens (tertiary/aromatic N) is 3. The Balaban J connectivity index is 1.95. The number of nitrogens with one attached hydrogen (secondary N) is 2. The first-order valence-corrected chi connectivity index (χ1v) is 10.5. The molecule has 0 unspecified atom stereocenters. The van der Waals surface area contributed by atoms with E-state index in [1.54, 1.807) is 38.2 Å². The first-order valence-electron chi connectivity index (χ1n) is 9.02. The summed E-state index contributed by atoms with van der Waals surface area (Å²) in [7, 11) is -3.74. The molecule has 0 bridgehead atoms. The summed E-state index contributed by atoms with van der Waals surface area (Å²) in [4.78, 5) is 8.86. The summed E-state index contributed by atoms with van der Waals surface area (Å²) >= 11 is 0. The van der Waals surface area contributed by atoms with Crippen LogP contribution in [0.4, 0.5) is 5.82 Å². The van der Waals surface area contributed by atoms with E-state index in [0.717, 1.165) is 5.56 Å². The lowest BCUT2D eigenvalue weighted by molar-refractivity contribution is 0.0728. The number of hydrogen-bond acceptors (Lipinski definition) is 7. The van der Waals surface area contributed by atoms with Gasteiger partial charge in [-0.2, -0.15) is 5.10 Å². The van der Waals surface area contributed by atoms with Crippen LogP contribution in [0.1, 0.15) is 25.8 Å². The predicted octanol–water partition coefficient (Wildman–Crippen LogP) is 1.86. The van der Waals surface area contributed by atoms with E-state index in [2.05, 4.69) is 24.9 Å². The van der Waals surface area contributed by atoms with Crippen LogP contribution >= 0.6 is 0 Å². The third-order valence-corrected chi connectivity index (χ3v) is 5.84. The number of nitrogen functional groups attached to an aromatic ring is 1. The van der Waals surface area contributed by atoms with Gasteiger partial charge < -0.3 is 10.8 Å². The minimum Gasteiger partial charge on any atom is -0.390 e. The maximum atomic E-state index is 12.7. The molecule has 2 heterocycles. The lowest BCUT2D eigenvalue weighted by Gasteiger charge is -2.17. The molecular weight excluding hydrogens is 392 g/mol. The minimum absolute atomic E-state index is 0.107. The van der Waals surface area contributed by atoms with Crippen LogP contribution in [-0.2, 0) is 10.0 Å². The third kappa shape index (κ3) is 4.97. The lowest BCUT2D eigenvalue weighted by atomic mass is 10.1. The standard InChI is InChI=1S/C19H24N6O3S/c1-12-4-5-13(29(27,28)23-9-7-19(2,3)26)10-14(12)16-11-21-18(20)17(24-16)15-6-8-22-25-15/h4-6,8,10-11,23,26H,7,9H2,1-3H3,(H2,20,21)(H,22,25). The Hall–Kier alpha value is -2.82. The minimum atomic E-state index is -3.74. The molecule has 0 aliphatic heterocycles. The summed E-state index contributed by atoms with van der Waals surface area (Å²) in [6.45, 7) is 5.24. The second-order valence-electron chi connectivity index (χ2n) is 7.40. The van der Waals surface area contributed by atoms with Crippen molar-refractivity contribution < 1.29 is 13.5 Å². The zero-order valence-corrected chi connectivity index (χ0v) is 17.3. The van der Waals surface area contributed by atoms with Crippen LogP contribution in [-0.4, -0.2) is 45.8 Å². The molecule has 0 atom stereocenters. The van der Waals surface area contributed by atoms with Gasteiger partial charge in [-0.25, -0.2) is 23.1 Å². The van der Waals surface area contributed by atoms with Crippen LogP contribution in [0.5, 0.6) is 0 Å². The van der Waals surface area contributed by atoms with Gasteiger partial charge in [0.1, 0.15) is 5.69 Å². The molecule has 0 radical (unpaired) electrons. The van der Waals surface area contributed by atoms with E-state index in [-0.39, 0.29) is 17.3 Å². The Kier molecular flexibility index (Phi) is 5.69. The van der Waals surface area contributed by atoms with Crippen LogP contribution in [0, 0.1) is 6.92 Å². The molecule has 1 aromatic carbocycles. The monoisotopic (exact) mass is 416 g/mol. The van der Waals surface area contributed by atoms with Crippen LogP contribution in [0.2, 0.25) is 0 Å². The van der Waals surface area contributed by atoms with Gasteiger partial charge in [-0.1, -0.05) is 6.07 Å². The highest BCUT2D eigenvalue weighted by Crippen LogP contribution is 2.28. The Morgan fingerprint density at radius 3 is 2.69 bits per heavy atom. The maximum absolute atomic E-state index is 12.7. The van der Waals surface area contributed by atoms with Gasteiger partial charge in [-0.3, -0.25) is 5.10 Å². The predicted molar refractivity (Wildman–Crippen MR) is 110 cm³/mol. The van der Waals surface area contributed by atoms with Crippen molar-refractivity contribution in [1.29, 1.82) is 0 Å². The van der Waals surface area contributed by atoms with Crippen molar-refractivity contribution in [1.82, 2.24) is 24.9 Å². The molecule has 10 heteroatoms. The van der Waals surface area contributed by atoms with Crippen LogP contribution in [0.15, 0.2) is 41.6 Å². The summed E-state index contributed by atoms with van der Waals surface area (Å²) in [6, 6.07) is 6.53. The Morgan fingerprint density at radius 1 is 1.28 bits per heavy atom. The molecule has 3 aromatic rings. The fraction of sp³-hybridized carbons (Fsp3) is 0.316. The lowest BCUT2D eigenvalue weighted by Crippen LogP contribution is -2.30. The molecule has 0 amide bonds. The van der Waals surface area contributed by atoms with Crippen LogP contribution in [0.25, 0.3) is 22.6 Å². The zero-order chi connectivity index (χ0) is 21.2. The molecule has 154 valence electrons.